The number of halogens is 3. The van der Waals surface area contributed by atoms with E-state index in [2.05, 4.69) is 4.90 Å². The van der Waals surface area contributed by atoms with Gasteiger partial charge in [-0.05, 0) is 44.2 Å². The van der Waals surface area contributed by atoms with Crippen molar-refractivity contribution < 1.29 is 27.5 Å². The van der Waals surface area contributed by atoms with Crippen LogP contribution in [0.15, 0.2) is 24.3 Å². The van der Waals surface area contributed by atoms with Crippen molar-refractivity contribution >= 4 is 11.8 Å². The molecule has 2 heterocycles. The molecule has 2 amide bonds. The van der Waals surface area contributed by atoms with E-state index in [1.807, 2.05) is 11.9 Å². The van der Waals surface area contributed by atoms with Gasteiger partial charge in [0.2, 0.25) is 17.7 Å². The van der Waals surface area contributed by atoms with Gasteiger partial charge in [-0.3, -0.25) is 9.59 Å². The van der Waals surface area contributed by atoms with E-state index in [-0.39, 0.29) is 67.7 Å². The summed E-state index contributed by atoms with van der Waals surface area (Å²) in [5, 5.41) is 0. The molecule has 2 aliphatic heterocycles. The van der Waals surface area contributed by atoms with Crippen LogP contribution in [-0.4, -0.2) is 84.9 Å². The van der Waals surface area contributed by atoms with Crippen molar-refractivity contribution in [2.24, 2.45) is 11.8 Å². The normalized spacial score (nSPS) is 26.4. The van der Waals surface area contributed by atoms with Crippen LogP contribution >= 0.6 is 0 Å². The number of carbonyl (C=O) groups excluding carboxylic acids is 2. The van der Waals surface area contributed by atoms with Crippen molar-refractivity contribution in [3.8, 4) is 5.75 Å². The highest BCUT2D eigenvalue weighted by Crippen LogP contribution is 2.37. The summed E-state index contributed by atoms with van der Waals surface area (Å²) in [5.74, 6) is -3.16. The van der Waals surface area contributed by atoms with Gasteiger partial charge in [-0.15, -0.1) is 0 Å². The first kappa shape index (κ1) is 24.8. The molecule has 0 N–H and O–H groups in total. The predicted molar refractivity (Wildman–Crippen MR) is 121 cm³/mol. The predicted octanol–water partition coefficient (Wildman–Crippen LogP) is 3.41. The molecule has 2 saturated heterocycles. The Balaban J connectivity index is 1.43. The number of amides is 2. The zero-order valence-electron chi connectivity index (χ0n) is 19.7. The Morgan fingerprint density at radius 3 is 2.26 bits per heavy atom. The molecule has 2 atom stereocenters. The van der Waals surface area contributed by atoms with Crippen LogP contribution in [0.1, 0.15) is 38.5 Å². The summed E-state index contributed by atoms with van der Waals surface area (Å²) in [7, 11) is 2.03. The number of likely N-dealkylation sites (N-methyl/N-ethyl adjacent to an activating group) is 1. The van der Waals surface area contributed by atoms with Gasteiger partial charge < -0.3 is 19.4 Å². The van der Waals surface area contributed by atoms with Crippen molar-refractivity contribution in [1.82, 2.24) is 14.7 Å². The lowest BCUT2D eigenvalue weighted by Crippen LogP contribution is -2.52. The second kappa shape index (κ2) is 10.5. The van der Waals surface area contributed by atoms with Crippen LogP contribution in [0.5, 0.6) is 5.75 Å². The van der Waals surface area contributed by atoms with E-state index >= 15 is 0 Å². The average Bonchev–Trinajstić information content (AvgIpc) is 2.81. The molecule has 0 bridgehead atoms. The van der Waals surface area contributed by atoms with Gasteiger partial charge in [-0.1, -0.05) is 0 Å². The molecule has 34 heavy (non-hydrogen) atoms. The van der Waals surface area contributed by atoms with Gasteiger partial charge in [-0.25, -0.2) is 13.2 Å². The summed E-state index contributed by atoms with van der Waals surface area (Å²) in [4.78, 5) is 32.0. The number of rotatable bonds is 5. The Labute approximate surface area is 199 Å². The number of carbonyl (C=O) groups is 2. The summed E-state index contributed by atoms with van der Waals surface area (Å²) in [6, 6.07) is 5.79. The van der Waals surface area contributed by atoms with Crippen LogP contribution < -0.4 is 4.74 Å². The van der Waals surface area contributed by atoms with Crippen LogP contribution in [0.25, 0.3) is 0 Å². The minimum absolute atomic E-state index is 0.0393. The summed E-state index contributed by atoms with van der Waals surface area (Å²) in [6.07, 6.45) is 0.388. The van der Waals surface area contributed by atoms with E-state index in [1.54, 1.807) is 17.0 Å². The molecule has 9 heteroatoms. The molecule has 6 nitrogen and oxygen atoms in total. The second-order valence-electron chi connectivity index (χ2n) is 9.96. The maximum Gasteiger partial charge on any atom is 0.248 e. The molecule has 0 unspecified atom stereocenters. The largest absolute Gasteiger partial charge is 0.490 e. The summed E-state index contributed by atoms with van der Waals surface area (Å²) < 4.78 is 46.6. The van der Waals surface area contributed by atoms with Crippen LogP contribution in [0, 0.1) is 17.7 Å². The van der Waals surface area contributed by atoms with Crippen LogP contribution in [0.3, 0.4) is 0 Å². The number of ether oxygens (including phenoxy) is 1. The van der Waals surface area contributed by atoms with Gasteiger partial charge in [0, 0.05) is 76.8 Å². The molecular weight excluding hydrogens is 447 g/mol. The fourth-order valence-corrected chi connectivity index (χ4v) is 5.20. The smallest absolute Gasteiger partial charge is 0.248 e. The fourth-order valence-electron chi connectivity index (χ4n) is 5.20. The SMILES string of the molecule is CN1CCN(C(=O)C[C@H]2CN(C(=O)C3CCC(F)(F)CC3)CC[C@@H]2Oc2ccc(F)cc2)CC1. The first-order valence-corrected chi connectivity index (χ1v) is 12.3. The van der Waals surface area contributed by atoms with E-state index in [0.717, 1.165) is 13.1 Å². The van der Waals surface area contributed by atoms with Gasteiger partial charge in [0.05, 0.1) is 0 Å². The molecule has 1 aliphatic carbocycles. The summed E-state index contributed by atoms with van der Waals surface area (Å²) in [6.45, 7) is 3.80. The topological polar surface area (TPSA) is 53.1 Å². The minimum Gasteiger partial charge on any atom is -0.490 e. The van der Waals surface area contributed by atoms with E-state index in [4.69, 9.17) is 4.74 Å². The molecule has 1 aromatic carbocycles. The van der Waals surface area contributed by atoms with Crippen LogP contribution in [0.2, 0.25) is 0 Å². The third-order valence-electron chi connectivity index (χ3n) is 7.44. The monoisotopic (exact) mass is 481 g/mol. The Bertz CT molecular complexity index is 849. The zero-order valence-corrected chi connectivity index (χ0v) is 19.7. The number of piperazine rings is 1. The zero-order chi connectivity index (χ0) is 24.3. The van der Waals surface area contributed by atoms with Gasteiger partial charge >= 0.3 is 0 Å². The van der Waals surface area contributed by atoms with Gasteiger partial charge in [0.1, 0.15) is 17.7 Å². The van der Waals surface area contributed by atoms with E-state index in [0.29, 0.717) is 38.3 Å². The Morgan fingerprint density at radius 1 is 0.971 bits per heavy atom. The Morgan fingerprint density at radius 2 is 1.62 bits per heavy atom. The van der Waals surface area contributed by atoms with Gasteiger partial charge in [-0.2, -0.15) is 0 Å². The van der Waals surface area contributed by atoms with E-state index in [1.165, 1.54) is 12.1 Å². The molecule has 1 saturated carbocycles. The van der Waals surface area contributed by atoms with Crippen molar-refractivity contribution in [1.29, 1.82) is 0 Å². The number of benzene rings is 1. The highest BCUT2D eigenvalue weighted by molar-refractivity contribution is 5.80. The van der Waals surface area contributed by atoms with Crippen molar-refractivity contribution in [3.63, 3.8) is 0 Å². The average molecular weight is 482 g/mol. The quantitative estimate of drug-likeness (QED) is 0.647. The standard InChI is InChI=1S/C25H34F3N3O3/c1-29-12-14-30(15-13-29)23(32)16-19-17-31(24(33)18-6-9-25(27,28)10-7-18)11-8-22(19)34-21-4-2-20(26)3-5-21/h2-5,18-19,22H,6-17H2,1H3/t19-,22-/m0/s1. The number of hydrogen-bond acceptors (Lipinski definition) is 4. The number of likely N-dealkylation sites (tertiary alicyclic amines) is 1. The number of hydrogen-bond donors (Lipinski definition) is 0. The van der Waals surface area contributed by atoms with Gasteiger partial charge in [0.15, 0.2) is 0 Å². The maximum atomic E-state index is 13.6. The first-order valence-electron chi connectivity index (χ1n) is 12.3. The Kier molecular flexibility index (Phi) is 7.70. The van der Waals surface area contributed by atoms with Crippen molar-refractivity contribution in [2.75, 3.05) is 46.3 Å². The maximum absolute atomic E-state index is 13.6. The second-order valence-corrected chi connectivity index (χ2v) is 9.96. The lowest BCUT2D eigenvalue weighted by Gasteiger charge is -2.41. The summed E-state index contributed by atoms with van der Waals surface area (Å²) in [5.41, 5.74) is 0. The van der Waals surface area contributed by atoms with Crippen molar-refractivity contribution in [2.45, 2.75) is 50.6 Å². The molecule has 4 rings (SSSR count). The number of alkyl halides is 2. The number of piperidine rings is 1. The lowest BCUT2D eigenvalue weighted by atomic mass is 9.84. The highest BCUT2D eigenvalue weighted by Gasteiger charge is 2.41. The lowest BCUT2D eigenvalue weighted by molar-refractivity contribution is -0.145. The van der Waals surface area contributed by atoms with E-state index < -0.39 is 5.92 Å². The van der Waals surface area contributed by atoms with Crippen LogP contribution in [0.4, 0.5) is 13.2 Å². The molecule has 1 aromatic rings. The third-order valence-corrected chi connectivity index (χ3v) is 7.44. The number of nitrogens with zero attached hydrogens (tertiary/aromatic N) is 3. The summed E-state index contributed by atoms with van der Waals surface area (Å²) >= 11 is 0. The molecule has 188 valence electrons. The van der Waals surface area contributed by atoms with Crippen LogP contribution in [-0.2, 0) is 9.59 Å². The molecule has 0 spiro atoms. The first-order chi connectivity index (χ1) is 16.2. The Hall–Kier alpha value is -2.29. The third kappa shape index (κ3) is 6.23. The van der Waals surface area contributed by atoms with E-state index in [9.17, 15) is 22.8 Å². The fraction of sp³-hybridized carbons (Fsp3) is 0.680. The molecule has 3 aliphatic rings. The molecule has 0 radical (unpaired) electrons. The molecule has 3 fully saturated rings. The molecular formula is C25H34F3N3O3. The van der Waals surface area contributed by atoms with Gasteiger partial charge in [0.25, 0.3) is 0 Å². The molecule has 0 aromatic heterocycles. The highest BCUT2D eigenvalue weighted by atomic mass is 19.3. The van der Waals surface area contributed by atoms with Crippen molar-refractivity contribution in [3.05, 3.63) is 30.1 Å². The minimum atomic E-state index is -2.68.